The Morgan fingerprint density at radius 3 is 2.89 bits per heavy atom. The van der Waals surface area contributed by atoms with Crippen molar-refractivity contribution in [2.75, 3.05) is 33.2 Å². The van der Waals surface area contributed by atoms with Gasteiger partial charge < -0.3 is 10.2 Å². The molecule has 3 N–H and O–H groups in total. The van der Waals surface area contributed by atoms with E-state index in [2.05, 4.69) is 64.2 Å². The lowest BCUT2D eigenvalue weighted by Crippen LogP contribution is -2.53. The maximum atomic E-state index is 13.0. The monoisotopic (exact) mass is 385 g/mol. The molecule has 4 unspecified atom stereocenters. The van der Waals surface area contributed by atoms with Gasteiger partial charge in [0.2, 0.25) is 5.91 Å². The molecule has 1 saturated carbocycles. The topological polar surface area (TPSA) is 59.6 Å². The van der Waals surface area contributed by atoms with Crippen LogP contribution in [-0.2, 0) is 11.3 Å². The van der Waals surface area contributed by atoms with Crippen molar-refractivity contribution in [1.29, 1.82) is 0 Å². The van der Waals surface area contributed by atoms with Crippen molar-refractivity contribution in [3.8, 4) is 0 Å². The average Bonchev–Trinajstić information content (AvgIpc) is 3.02. The lowest BCUT2D eigenvalue weighted by Gasteiger charge is -2.29. The Morgan fingerprint density at radius 1 is 1.18 bits per heavy atom. The summed E-state index contributed by atoms with van der Waals surface area (Å²) in [6, 6.07) is 9.26. The fourth-order valence-electron chi connectivity index (χ4n) is 5.14. The van der Waals surface area contributed by atoms with Crippen molar-refractivity contribution >= 4 is 5.91 Å². The number of likely N-dealkylation sites (N-methyl/N-ethyl adjacent to an activating group) is 1. The number of aryl methyl sites for hydroxylation is 1. The molecule has 6 heteroatoms. The van der Waals surface area contributed by atoms with Crippen molar-refractivity contribution < 1.29 is 4.79 Å². The van der Waals surface area contributed by atoms with Gasteiger partial charge in [0.05, 0.1) is 6.04 Å². The Balaban J connectivity index is 1.37. The fraction of sp³-hybridized carbons (Fsp3) is 0.682. The molecule has 6 nitrogen and oxygen atoms in total. The third-order valence-electron chi connectivity index (χ3n) is 6.60. The molecule has 1 aliphatic carbocycles. The molecule has 3 fully saturated rings. The molecular weight excluding hydrogens is 350 g/mol. The molecule has 0 spiro atoms. The van der Waals surface area contributed by atoms with Gasteiger partial charge in [-0.05, 0) is 32.4 Å². The zero-order valence-electron chi connectivity index (χ0n) is 17.3. The predicted octanol–water partition coefficient (Wildman–Crippen LogP) is 1.26. The standard InChI is InChI=1S/C22H35N5O/c1-16-6-5-7-17(12-16)13-27-11-10-26(2)14-18(15-27)23-22(28)21-19-8-3-4-9-20(19)24-25-21/h5-7,12,18-21,24-25H,3-4,8-11,13-15H2,1-2H3,(H,23,28). The molecule has 2 heterocycles. The SMILES string of the molecule is Cc1cccc(CN2CCN(C)CC(NC(=O)C3NNC4CCCCC43)C2)c1. The van der Waals surface area contributed by atoms with Crippen LogP contribution in [0.4, 0.5) is 0 Å². The van der Waals surface area contributed by atoms with Crippen molar-refractivity contribution in [2.45, 2.75) is 57.3 Å². The number of benzene rings is 1. The highest BCUT2D eigenvalue weighted by Crippen LogP contribution is 2.30. The second-order valence-electron chi connectivity index (χ2n) is 9.01. The Bertz CT molecular complexity index is 681. The summed E-state index contributed by atoms with van der Waals surface area (Å²) in [5, 5.41) is 3.37. The van der Waals surface area contributed by atoms with Gasteiger partial charge in [0.1, 0.15) is 6.04 Å². The van der Waals surface area contributed by atoms with Crippen LogP contribution in [0.2, 0.25) is 0 Å². The van der Waals surface area contributed by atoms with Crippen LogP contribution in [0.5, 0.6) is 0 Å². The Hall–Kier alpha value is -1.47. The molecule has 1 amide bonds. The smallest absolute Gasteiger partial charge is 0.239 e. The number of hydrogen-bond acceptors (Lipinski definition) is 5. The van der Waals surface area contributed by atoms with E-state index in [-0.39, 0.29) is 18.0 Å². The van der Waals surface area contributed by atoms with Crippen LogP contribution in [0.1, 0.15) is 36.8 Å². The zero-order chi connectivity index (χ0) is 19.5. The van der Waals surface area contributed by atoms with E-state index in [0.29, 0.717) is 12.0 Å². The van der Waals surface area contributed by atoms with Gasteiger partial charge in [-0.25, -0.2) is 5.43 Å². The van der Waals surface area contributed by atoms with Gasteiger partial charge in [-0.1, -0.05) is 42.7 Å². The lowest BCUT2D eigenvalue weighted by atomic mass is 9.81. The molecule has 0 radical (unpaired) electrons. The van der Waals surface area contributed by atoms with Crippen LogP contribution >= 0.6 is 0 Å². The number of nitrogens with zero attached hydrogens (tertiary/aromatic N) is 2. The normalized spacial score (nSPS) is 31.9. The highest BCUT2D eigenvalue weighted by atomic mass is 16.2. The first-order valence-electron chi connectivity index (χ1n) is 10.9. The van der Waals surface area contributed by atoms with Gasteiger partial charge in [0.25, 0.3) is 0 Å². The number of amides is 1. The van der Waals surface area contributed by atoms with Gasteiger partial charge in [-0.15, -0.1) is 0 Å². The number of fused-ring (bicyclic) bond motifs is 1. The van der Waals surface area contributed by atoms with Gasteiger partial charge in [-0.3, -0.25) is 15.1 Å². The maximum Gasteiger partial charge on any atom is 0.239 e. The molecule has 2 saturated heterocycles. The molecule has 154 valence electrons. The molecule has 1 aromatic carbocycles. The van der Waals surface area contributed by atoms with E-state index in [1.54, 1.807) is 0 Å². The van der Waals surface area contributed by atoms with E-state index < -0.39 is 0 Å². The van der Waals surface area contributed by atoms with Crippen molar-refractivity contribution in [3.63, 3.8) is 0 Å². The number of carbonyl (C=O) groups excluding carboxylic acids is 1. The van der Waals surface area contributed by atoms with Crippen LogP contribution in [-0.4, -0.2) is 67.1 Å². The van der Waals surface area contributed by atoms with Crippen LogP contribution in [0.25, 0.3) is 0 Å². The summed E-state index contributed by atoms with van der Waals surface area (Å²) < 4.78 is 0. The summed E-state index contributed by atoms with van der Waals surface area (Å²) in [6.45, 7) is 6.96. The zero-order valence-corrected chi connectivity index (χ0v) is 17.3. The summed E-state index contributed by atoms with van der Waals surface area (Å²) in [4.78, 5) is 17.9. The molecule has 28 heavy (non-hydrogen) atoms. The van der Waals surface area contributed by atoms with E-state index >= 15 is 0 Å². The van der Waals surface area contributed by atoms with E-state index in [0.717, 1.165) is 39.1 Å². The van der Waals surface area contributed by atoms with Crippen LogP contribution < -0.4 is 16.2 Å². The summed E-state index contributed by atoms with van der Waals surface area (Å²) in [5.74, 6) is 0.596. The predicted molar refractivity (Wildman–Crippen MR) is 112 cm³/mol. The molecule has 3 aliphatic rings. The second kappa shape index (κ2) is 8.91. The van der Waals surface area contributed by atoms with E-state index in [1.807, 2.05) is 0 Å². The first-order chi connectivity index (χ1) is 13.6. The third-order valence-corrected chi connectivity index (χ3v) is 6.60. The van der Waals surface area contributed by atoms with Crippen LogP contribution in [0.15, 0.2) is 24.3 Å². The number of hydrogen-bond donors (Lipinski definition) is 3. The first kappa shape index (κ1) is 19.8. The molecule has 2 aliphatic heterocycles. The maximum absolute atomic E-state index is 13.0. The highest BCUT2D eigenvalue weighted by Gasteiger charge is 2.41. The fourth-order valence-corrected chi connectivity index (χ4v) is 5.14. The van der Waals surface area contributed by atoms with Crippen molar-refractivity contribution in [1.82, 2.24) is 26.0 Å². The number of hydrazine groups is 1. The van der Waals surface area contributed by atoms with Crippen molar-refractivity contribution in [2.24, 2.45) is 5.92 Å². The molecule has 4 rings (SSSR count). The quantitative estimate of drug-likeness (QED) is 0.729. The summed E-state index contributed by atoms with van der Waals surface area (Å²) >= 11 is 0. The lowest BCUT2D eigenvalue weighted by molar-refractivity contribution is -0.124. The molecule has 4 atom stereocenters. The van der Waals surface area contributed by atoms with Crippen molar-refractivity contribution in [3.05, 3.63) is 35.4 Å². The van der Waals surface area contributed by atoms with Gasteiger partial charge in [-0.2, -0.15) is 0 Å². The second-order valence-corrected chi connectivity index (χ2v) is 9.01. The molecule has 0 aromatic heterocycles. The summed E-state index contributed by atoms with van der Waals surface area (Å²) in [5.41, 5.74) is 9.30. The van der Waals surface area contributed by atoms with E-state index in [4.69, 9.17) is 0 Å². The minimum absolute atomic E-state index is 0.0934. The van der Waals surface area contributed by atoms with E-state index in [9.17, 15) is 4.79 Å². The largest absolute Gasteiger partial charge is 0.349 e. The highest BCUT2D eigenvalue weighted by molar-refractivity contribution is 5.82. The Morgan fingerprint density at radius 2 is 2.04 bits per heavy atom. The van der Waals surface area contributed by atoms with Gasteiger partial charge in [0.15, 0.2) is 0 Å². The van der Waals surface area contributed by atoms with Crippen LogP contribution in [0, 0.1) is 12.8 Å². The van der Waals surface area contributed by atoms with Gasteiger partial charge >= 0.3 is 0 Å². The van der Waals surface area contributed by atoms with E-state index in [1.165, 1.54) is 30.4 Å². The number of carbonyl (C=O) groups is 1. The first-order valence-corrected chi connectivity index (χ1v) is 10.9. The number of nitrogens with one attached hydrogen (secondary N) is 3. The minimum atomic E-state index is -0.0934. The molecular formula is C22H35N5O. The minimum Gasteiger partial charge on any atom is -0.349 e. The Labute approximate surface area is 169 Å². The summed E-state index contributed by atoms with van der Waals surface area (Å²) in [6.07, 6.45) is 4.83. The molecule has 0 bridgehead atoms. The average molecular weight is 386 g/mol. The Kier molecular flexibility index (Phi) is 6.31. The molecule has 1 aromatic rings. The third kappa shape index (κ3) is 4.74. The van der Waals surface area contributed by atoms with Gasteiger partial charge in [0, 0.05) is 44.7 Å². The van der Waals surface area contributed by atoms with Crippen LogP contribution in [0.3, 0.4) is 0 Å². The number of rotatable bonds is 4. The summed E-state index contributed by atoms with van der Waals surface area (Å²) in [7, 11) is 2.15.